The summed E-state index contributed by atoms with van der Waals surface area (Å²) in [5, 5.41) is 0.104. The quantitative estimate of drug-likeness (QED) is 0.616. The van der Waals surface area contributed by atoms with Gasteiger partial charge in [-0.1, -0.05) is 17.7 Å². The van der Waals surface area contributed by atoms with Gasteiger partial charge in [-0.25, -0.2) is 4.98 Å². The predicted octanol–water partition coefficient (Wildman–Crippen LogP) is 4.57. The molecule has 1 aliphatic heterocycles. The highest BCUT2D eigenvalue weighted by Gasteiger charge is 2.35. The summed E-state index contributed by atoms with van der Waals surface area (Å²) in [5.41, 5.74) is 3.69. The number of rotatable bonds is 3. The van der Waals surface area contributed by atoms with Crippen molar-refractivity contribution in [2.75, 3.05) is 11.4 Å². The van der Waals surface area contributed by atoms with Gasteiger partial charge in [0.1, 0.15) is 5.52 Å². The van der Waals surface area contributed by atoms with Gasteiger partial charge in [-0.3, -0.25) is 9.59 Å². The van der Waals surface area contributed by atoms with Crippen molar-refractivity contribution in [2.24, 2.45) is 5.92 Å². The molecule has 2 aromatic carbocycles. The smallest absolute Gasteiger partial charge is 0.227 e. The molecule has 26 heavy (non-hydrogen) atoms. The number of fused-ring (bicyclic) bond motifs is 1. The largest absolute Gasteiger partial charge is 0.436 e. The molecule has 4 rings (SSSR count). The van der Waals surface area contributed by atoms with Crippen molar-refractivity contribution in [3.05, 3.63) is 47.0 Å². The number of aryl methyl sites for hydroxylation is 1. The number of halogens is 2. The lowest BCUT2D eigenvalue weighted by atomic mass is 10.1. The summed E-state index contributed by atoms with van der Waals surface area (Å²) < 4.78 is 5.80. The molecule has 1 atom stereocenters. The zero-order valence-electron chi connectivity index (χ0n) is 13.8. The van der Waals surface area contributed by atoms with Crippen LogP contribution in [0.2, 0.25) is 5.02 Å². The van der Waals surface area contributed by atoms with Gasteiger partial charge in [-0.05, 0) is 54.4 Å². The van der Waals surface area contributed by atoms with E-state index in [2.05, 4.69) is 4.98 Å². The van der Waals surface area contributed by atoms with Crippen LogP contribution in [0.1, 0.15) is 12.0 Å². The van der Waals surface area contributed by atoms with Gasteiger partial charge in [0.25, 0.3) is 0 Å². The minimum absolute atomic E-state index is 0.117. The van der Waals surface area contributed by atoms with Crippen LogP contribution in [0.3, 0.4) is 0 Å². The van der Waals surface area contributed by atoms with Gasteiger partial charge < -0.3 is 9.32 Å². The molecule has 3 aromatic rings. The maximum absolute atomic E-state index is 12.3. The lowest BCUT2D eigenvalue weighted by Crippen LogP contribution is -2.26. The Morgan fingerprint density at radius 2 is 2.08 bits per heavy atom. The fourth-order valence-corrected chi connectivity index (χ4v) is 3.46. The summed E-state index contributed by atoms with van der Waals surface area (Å²) in [4.78, 5) is 29.8. The van der Waals surface area contributed by atoms with Crippen LogP contribution in [0.15, 0.2) is 40.8 Å². The monoisotopic (exact) mass is 388 g/mol. The molecule has 1 fully saturated rings. The average Bonchev–Trinajstić information content (AvgIpc) is 3.18. The fraction of sp³-hybridized carbons (Fsp3) is 0.211. The number of carbonyl (C=O) groups excluding carboxylic acids is 2. The van der Waals surface area contributed by atoms with Gasteiger partial charge in [0.05, 0.1) is 5.92 Å². The third kappa shape index (κ3) is 2.97. The van der Waals surface area contributed by atoms with Crippen LogP contribution < -0.4 is 4.90 Å². The van der Waals surface area contributed by atoms with Gasteiger partial charge in [0.15, 0.2) is 5.58 Å². The zero-order valence-corrected chi connectivity index (χ0v) is 15.3. The van der Waals surface area contributed by atoms with E-state index in [1.807, 2.05) is 25.1 Å². The van der Waals surface area contributed by atoms with Gasteiger partial charge in [-0.2, -0.15) is 0 Å². The van der Waals surface area contributed by atoms with Crippen molar-refractivity contribution in [1.29, 1.82) is 0 Å². The Labute approximate surface area is 159 Å². The normalized spacial score (nSPS) is 17.3. The van der Waals surface area contributed by atoms with E-state index in [1.165, 1.54) is 0 Å². The number of nitrogens with zero attached hydrogens (tertiary/aromatic N) is 2. The second-order valence-corrected chi connectivity index (χ2v) is 7.15. The van der Waals surface area contributed by atoms with Gasteiger partial charge >= 0.3 is 0 Å². The maximum atomic E-state index is 12.3. The van der Waals surface area contributed by atoms with Crippen LogP contribution in [0.25, 0.3) is 22.6 Å². The molecule has 0 N–H and O–H groups in total. The first-order valence-corrected chi connectivity index (χ1v) is 8.85. The molecule has 0 aliphatic carbocycles. The molecule has 0 bridgehead atoms. The molecule has 0 saturated carbocycles. The Morgan fingerprint density at radius 3 is 2.81 bits per heavy atom. The third-order valence-corrected chi connectivity index (χ3v) is 5.09. The zero-order chi connectivity index (χ0) is 18.4. The van der Waals surface area contributed by atoms with E-state index in [0.29, 0.717) is 22.0 Å². The molecule has 1 amide bonds. The SMILES string of the molecule is Cc1ccc(-c2nc3cc(Cl)ccc3o2)cc1N1CC(C(=O)Cl)CC1=O. The lowest BCUT2D eigenvalue weighted by molar-refractivity contribution is -0.120. The molecule has 7 heteroatoms. The average molecular weight is 389 g/mol. The van der Waals surface area contributed by atoms with Crippen molar-refractivity contribution < 1.29 is 14.0 Å². The molecular formula is C19H14Cl2N2O3. The Bertz CT molecular complexity index is 1040. The second kappa shape index (κ2) is 6.41. The molecule has 1 aliphatic rings. The number of benzene rings is 2. The Balaban J connectivity index is 1.74. The summed E-state index contributed by atoms with van der Waals surface area (Å²) in [5.74, 6) is -0.146. The Morgan fingerprint density at radius 1 is 1.27 bits per heavy atom. The summed E-state index contributed by atoms with van der Waals surface area (Å²) in [6.45, 7) is 2.20. The lowest BCUT2D eigenvalue weighted by Gasteiger charge is -2.19. The molecule has 1 unspecified atom stereocenters. The van der Waals surface area contributed by atoms with Gasteiger partial charge in [-0.15, -0.1) is 0 Å². The molecule has 2 heterocycles. The van der Waals surface area contributed by atoms with Crippen molar-refractivity contribution in [2.45, 2.75) is 13.3 Å². The fourth-order valence-electron chi connectivity index (χ4n) is 3.15. The summed E-state index contributed by atoms with van der Waals surface area (Å²) in [6, 6.07) is 10.9. The summed E-state index contributed by atoms with van der Waals surface area (Å²) in [6.07, 6.45) is 0.132. The van der Waals surface area contributed by atoms with E-state index in [9.17, 15) is 9.59 Å². The van der Waals surface area contributed by atoms with E-state index in [-0.39, 0.29) is 18.9 Å². The standard InChI is InChI=1S/C19H14Cl2N2O3/c1-10-2-3-11(19-22-14-8-13(20)4-5-16(14)26-19)6-15(10)23-9-12(18(21)25)7-17(23)24/h2-6,8,12H,7,9H2,1H3. The van der Waals surface area contributed by atoms with E-state index in [4.69, 9.17) is 27.6 Å². The van der Waals surface area contributed by atoms with Crippen LogP contribution in [-0.2, 0) is 9.59 Å². The van der Waals surface area contributed by atoms with Gasteiger partial charge in [0, 0.05) is 29.2 Å². The molecule has 5 nitrogen and oxygen atoms in total. The Hall–Kier alpha value is -2.37. The van der Waals surface area contributed by atoms with E-state index in [1.54, 1.807) is 23.1 Å². The van der Waals surface area contributed by atoms with E-state index >= 15 is 0 Å². The highest BCUT2D eigenvalue weighted by Crippen LogP contribution is 2.33. The molecule has 1 saturated heterocycles. The van der Waals surface area contributed by atoms with Crippen LogP contribution in [0.5, 0.6) is 0 Å². The van der Waals surface area contributed by atoms with E-state index in [0.717, 1.165) is 16.8 Å². The highest BCUT2D eigenvalue weighted by atomic mass is 35.5. The van der Waals surface area contributed by atoms with Crippen molar-refractivity contribution >= 4 is 51.1 Å². The van der Waals surface area contributed by atoms with Crippen molar-refractivity contribution in [1.82, 2.24) is 4.98 Å². The summed E-state index contributed by atoms with van der Waals surface area (Å²) in [7, 11) is 0. The van der Waals surface area contributed by atoms with Crippen LogP contribution in [-0.4, -0.2) is 22.7 Å². The number of anilines is 1. The highest BCUT2D eigenvalue weighted by molar-refractivity contribution is 6.64. The first kappa shape index (κ1) is 17.1. The number of hydrogen-bond acceptors (Lipinski definition) is 4. The first-order chi connectivity index (χ1) is 12.4. The second-order valence-electron chi connectivity index (χ2n) is 6.34. The third-order valence-electron chi connectivity index (χ3n) is 4.54. The number of hydrogen-bond donors (Lipinski definition) is 0. The van der Waals surface area contributed by atoms with Crippen LogP contribution >= 0.6 is 23.2 Å². The Kier molecular flexibility index (Phi) is 4.21. The van der Waals surface area contributed by atoms with Crippen molar-refractivity contribution in [3.63, 3.8) is 0 Å². The van der Waals surface area contributed by atoms with Crippen LogP contribution in [0.4, 0.5) is 5.69 Å². The molecule has 0 radical (unpaired) electrons. The van der Waals surface area contributed by atoms with Crippen molar-refractivity contribution in [3.8, 4) is 11.5 Å². The van der Waals surface area contributed by atoms with E-state index < -0.39 is 11.2 Å². The summed E-state index contributed by atoms with van der Waals surface area (Å²) >= 11 is 11.6. The minimum atomic E-state index is -0.481. The number of carbonyl (C=O) groups is 2. The van der Waals surface area contributed by atoms with Crippen LogP contribution in [0, 0.1) is 12.8 Å². The number of oxazole rings is 1. The van der Waals surface area contributed by atoms with Gasteiger partial charge in [0.2, 0.25) is 17.0 Å². The predicted molar refractivity (Wildman–Crippen MR) is 101 cm³/mol. The first-order valence-electron chi connectivity index (χ1n) is 8.09. The molecule has 0 spiro atoms. The molecule has 1 aromatic heterocycles. The molecular weight excluding hydrogens is 375 g/mol. The minimum Gasteiger partial charge on any atom is -0.436 e. The number of aromatic nitrogens is 1. The maximum Gasteiger partial charge on any atom is 0.227 e. The topological polar surface area (TPSA) is 63.4 Å². The number of amides is 1. The molecule has 132 valence electrons.